The molecule has 1 aliphatic heterocycles. The number of hydrogen-bond acceptors (Lipinski definition) is 2. The molecule has 2 atom stereocenters. The fourth-order valence-electron chi connectivity index (χ4n) is 2.61. The van der Waals surface area contributed by atoms with Crippen LogP contribution >= 0.6 is 0 Å². The summed E-state index contributed by atoms with van der Waals surface area (Å²) in [6.07, 6.45) is 1.20. The number of nitrogens with zero attached hydrogens (tertiary/aromatic N) is 1. The van der Waals surface area contributed by atoms with Gasteiger partial charge in [-0.25, -0.2) is 0 Å². The molecule has 0 spiro atoms. The van der Waals surface area contributed by atoms with Gasteiger partial charge in [-0.1, -0.05) is 37.3 Å². The minimum absolute atomic E-state index is 0.0504. The van der Waals surface area contributed by atoms with Crippen LogP contribution < -0.4 is 5.32 Å². The van der Waals surface area contributed by atoms with Crippen LogP contribution in [0.2, 0.25) is 0 Å². The summed E-state index contributed by atoms with van der Waals surface area (Å²) in [5.41, 5.74) is 0.817. The lowest BCUT2D eigenvalue weighted by Crippen LogP contribution is -2.59. The standard InChI is InChI=1S/C17H20N2O2/c1-3-5-9-12-19-14(4-2)16(20)18-15(17(19)21)13-10-7-6-8-11-13/h6-8,10-11,14-15H,4,9,12H2,1-2H3,(H,18,20). The van der Waals surface area contributed by atoms with E-state index in [0.29, 0.717) is 19.4 Å². The topological polar surface area (TPSA) is 49.4 Å². The highest BCUT2D eigenvalue weighted by Gasteiger charge is 2.39. The molecule has 0 aliphatic carbocycles. The third kappa shape index (κ3) is 3.25. The lowest BCUT2D eigenvalue weighted by atomic mass is 9.99. The maximum absolute atomic E-state index is 12.7. The lowest BCUT2D eigenvalue weighted by Gasteiger charge is -2.38. The van der Waals surface area contributed by atoms with E-state index in [1.54, 1.807) is 11.8 Å². The monoisotopic (exact) mass is 284 g/mol. The number of carbonyl (C=O) groups is 2. The number of piperazine rings is 1. The fraction of sp³-hybridized carbons (Fsp3) is 0.412. The Balaban J connectivity index is 2.24. The smallest absolute Gasteiger partial charge is 0.250 e. The van der Waals surface area contributed by atoms with Crippen LogP contribution in [0.3, 0.4) is 0 Å². The fourth-order valence-corrected chi connectivity index (χ4v) is 2.61. The molecule has 0 radical (unpaired) electrons. The molecule has 110 valence electrons. The molecule has 2 amide bonds. The number of nitrogens with one attached hydrogen (secondary N) is 1. The third-order valence-electron chi connectivity index (χ3n) is 3.67. The molecule has 21 heavy (non-hydrogen) atoms. The number of carbonyl (C=O) groups excluding carboxylic acids is 2. The first-order chi connectivity index (χ1) is 10.2. The molecule has 1 fully saturated rings. The summed E-state index contributed by atoms with van der Waals surface area (Å²) < 4.78 is 0. The zero-order chi connectivity index (χ0) is 15.2. The highest BCUT2D eigenvalue weighted by molar-refractivity contribution is 5.97. The van der Waals surface area contributed by atoms with E-state index >= 15 is 0 Å². The molecule has 1 N–H and O–H groups in total. The van der Waals surface area contributed by atoms with Crippen molar-refractivity contribution in [3.63, 3.8) is 0 Å². The minimum atomic E-state index is -0.587. The van der Waals surface area contributed by atoms with Crippen molar-refractivity contribution >= 4 is 11.8 Å². The average molecular weight is 284 g/mol. The summed E-state index contributed by atoms with van der Waals surface area (Å²) in [5.74, 6) is 5.64. The zero-order valence-corrected chi connectivity index (χ0v) is 12.4. The first-order valence-corrected chi connectivity index (χ1v) is 7.24. The van der Waals surface area contributed by atoms with E-state index in [2.05, 4.69) is 17.2 Å². The van der Waals surface area contributed by atoms with E-state index in [-0.39, 0.29) is 11.8 Å². The van der Waals surface area contributed by atoms with Gasteiger partial charge in [-0.2, -0.15) is 0 Å². The van der Waals surface area contributed by atoms with Gasteiger partial charge in [0.2, 0.25) is 5.91 Å². The van der Waals surface area contributed by atoms with Gasteiger partial charge >= 0.3 is 0 Å². The Labute approximate surface area is 125 Å². The van der Waals surface area contributed by atoms with Crippen molar-refractivity contribution in [2.45, 2.75) is 38.8 Å². The minimum Gasteiger partial charge on any atom is -0.339 e. The molecule has 2 rings (SSSR count). The predicted octanol–water partition coefficient (Wildman–Crippen LogP) is 1.88. The van der Waals surface area contributed by atoms with Gasteiger partial charge in [0.05, 0.1) is 0 Å². The SMILES string of the molecule is CC#CCCN1C(=O)C(c2ccccc2)NC(=O)C1CC. The summed E-state index contributed by atoms with van der Waals surface area (Å²) in [4.78, 5) is 26.6. The Bertz CT molecular complexity index is 571. The molecule has 1 aliphatic rings. The third-order valence-corrected chi connectivity index (χ3v) is 3.67. The number of hydrogen-bond donors (Lipinski definition) is 1. The summed E-state index contributed by atoms with van der Waals surface area (Å²) in [5, 5.41) is 2.84. The molecule has 0 aromatic heterocycles. The highest BCUT2D eigenvalue weighted by Crippen LogP contribution is 2.23. The Morgan fingerprint density at radius 3 is 2.57 bits per heavy atom. The van der Waals surface area contributed by atoms with Crippen molar-refractivity contribution in [1.82, 2.24) is 10.2 Å². The van der Waals surface area contributed by atoms with Crippen molar-refractivity contribution in [2.24, 2.45) is 0 Å². The van der Waals surface area contributed by atoms with Crippen molar-refractivity contribution < 1.29 is 9.59 Å². The van der Waals surface area contributed by atoms with Gasteiger partial charge in [0.25, 0.3) is 5.91 Å². The van der Waals surface area contributed by atoms with Gasteiger partial charge in [-0.15, -0.1) is 11.8 Å². The molecule has 1 aromatic carbocycles. The molecule has 2 unspecified atom stereocenters. The van der Waals surface area contributed by atoms with Crippen LogP contribution in [0.5, 0.6) is 0 Å². The van der Waals surface area contributed by atoms with Crippen LogP contribution in [-0.4, -0.2) is 29.3 Å². The van der Waals surface area contributed by atoms with E-state index in [1.165, 1.54) is 0 Å². The predicted molar refractivity (Wildman–Crippen MR) is 81.2 cm³/mol. The van der Waals surface area contributed by atoms with Crippen LogP contribution in [0.25, 0.3) is 0 Å². The van der Waals surface area contributed by atoms with Crippen LogP contribution in [0.4, 0.5) is 0 Å². The second kappa shape index (κ2) is 6.94. The summed E-state index contributed by atoms with van der Waals surface area (Å²) in [6, 6.07) is 8.37. The van der Waals surface area contributed by atoms with E-state index < -0.39 is 12.1 Å². The normalized spacial score (nSPS) is 21.5. The largest absolute Gasteiger partial charge is 0.339 e. The van der Waals surface area contributed by atoms with E-state index in [9.17, 15) is 9.59 Å². The molecule has 1 heterocycles. The quantitative estimate of drug-likeness (QED) is 0.858. The number of amides is 2. The molecular formula is C17H20N2O2. The van der Waals surface area contributed by atoms with Gasteiger partial charge in [0, 0.05) is 13.0 Å². The highest BCUT2D eigenvalue weighted by atomic mass is 16.2. The van der Waals surface area contributed by atoms with E-state index in [4.69, 9.17) is 0 Å². The Hall–Kier alpha value is -2.28. The van der Waals surface area contributed by atoms with Gasteiger partial charge in [0.15, 0.2) is 0 Å². The number of benzene rings is 1. The molecule has 1 saturated heterocycles. The van der Waals surface area contributed by atoms with Crippen molar-refractivity contribution in [2.75, 3.05) is 6.54 Å². The van der Waals surface area contributed by atoms with Gasteiger partial charge < -0.3 is 10.2 Å². The van der Waals surface area contributed by atoms with Crippen molar-refractivity contribution in [3.05, 3.63) is 35.9 Å². The Kier molecular flexibility index (Phi) is 4.99. The van der Waals surface area contributed by atoms with Gasteiger partial charge in [-0.3, -0.25) is 9.59 Å². The van der Waals surface area contributed by atoms with E-state index in [0.717, 1.165) is 5.56 Å². The maximum Gasteiger partial charge on any atom is 0.250 e. The Morgan fingerprint density at radius 2 is 1.95 bits per heavy atom. The van der Waals surface area contributed by atoms with Crippen molar-refractivity contribution in [3.8, 4) is 11.8 Å². The van der Waals surface area contributed by atoms with E-state index in [1.807, 2.05) is 37.3 Å². The summed E-state index contributed by atoms with van der Waals surface area (Å²) in [6.45, 7) is 4.18. The van der Waals surface area contributed by atoms with Gasteiger partial charge in [-0.05, 0) is 18.9 Å². The molecule has 0 saturated carbocycles. The maximum atomic E-state index is 12.7. The summed E-state index contributed by atoms with van der Waals surface area (Å²) >= 11 is 0. The van der Waals surface area contributed by atoms with Crippen molar-refractivity contribution in [1.29, 1.82) is 0 Å². The molecular weight excluding hydrogens is 264 g/mol. The zero-order valence-electron chi connectivity index (χ0n) is 12.4. The molecule has 4 heteroatoms. The second-order valence-electron chi connectivity index (χ2n) is 4.98. The summed E-state index contributed by atoms with van der Waals surface area (Å²) in [7, 11) is 0. The Morgan fingerprint density at radius 1 is 1.24 bits per heavy atom. The van der Waals surface area contributed by atoms with Crippen LogP contribution in [-0.2, 0) is 9.59 Å². The average Bonchev–Trinajstić information content (AvgIpc) is 2.51. The first-order valence-electron chi connectivity index (χ1n) is 7.24. The molecule has 1 aromatic rings. The number of rotatable bonds is 4. The van der Waals surface area contributed by atoms with Crippen LogP contribution in [0, 0.1) is 11.8 Å². The van der Waals surface area contributed by atoms with Crippen LogP contribution in [0.15, 0.2) is 30.3 Å². The lowest BCUT2D eigenvalue weighted by molar-refractivity contribution is -0.149. The van der Waals surface area contributed by atoms with Gasteiger partial charge in [0.1, 0.15) is 12.1 Å². The molecule has 4 nitrogen and oxygen atoms in total. The second-order valence-corrected chi connectivity index (χ2v) is 4.98. The molecule has 0 bridgehead atoms. The first kappa shape index (κ1) is 15.1. The van der Waals surface area contributed by atoms with Crippen LogP contribution in [0.1, 0.15) is 38.3 Å².